The zero-order chi connectivity index (χ0) is 23.5. The third-order valence-electron chi connectivity index (χ3n) is 5.11. The number of aromatic hydroxyl groups is 1. The number of anilines is 2. The van der Waals surface area contributed by atoms with Gasteiger partial charge >= 0.3 is 5.69 Å². The first kappa shape index (κ1) is 21.4. The number of hydrogen-bond donors (Lipinski definition) is 1. The molecule has 0 radical (unpaired) electrons. The van der Waals surface area contributed by atoms with Gasteiger partial charge in [-0.3, -0.25) is 20.2 Å². The van der Waals surface area contributed by atoms with Gasteiger partial charge in [-0.05, 0) is 24.3 Å². The van der Waals surface area contributed by atoms with E-state index in [0.717, 1.165) is 35.0 Å². The van der Waals surface area contributed by atoms with E-state index in [1.165, 1.54) is 0 Å². The van der Waals surface area contributed by atoms with Crippen LogP contribution in [0.25, 0.3) is 10.8 Å². The monoisotopic (exact) mass is 443 g/mol. The molecule has 10 heteroatoms. The zero-order valence-corrected chi connectivity index (χ0v) is 17.3. The Labute approximate surface area is 187 Å². The molecule has 0 atom stereocenters. The first-order chi connectivity index (χ1) is 15.9. The standard InChI is InChI=1S/C23H17N5O5/c1-26(15-7-3-2-4-8-15)21-14-20(23(29)18-10-6-5-9-17(18)21)25-24-19-12-11-16(27(30)31)13-22(19)28(32)33/h2-14,29H,1H3. The average molecular weight is 443 g/mol. The Bertz CT molecular complexity index is 1410. The fourth-order valence-corrected chi connectivity index (χ4v) is 3.43. The summed E-state index contributed by atoms with van der Waals surface area (Å²) in [6, 6.07) is 21.5. The van der Waals surface area contributed by atoms with Crippen LogP contribution in [-0.2, 0) is 0 Å². The number of fused-ring (bicyclic) bond motifs is 1. The van der Waals surface area contributed by atoms with Crippen molar-refractivity contribution in [2.45, 2.75) is 0 Å². The van der Waals surface area contributed by atoms with Crippen molar-refractivity contribution in [1.29, 1.82) is 0 Å². The van der Waals surface area contributed by atoms with Crippen molar-refractivity contribution < 1.29 is 15.0 Å². The van der Waals surface area contributed by atoms with Gasteiger partial charge < -0.3 is 10.0 Å². The highest BCUT2D eigenvalue weighted by Crippen LogP contribution is 2.43. The number of nitro groups is 2. The molecule has 4 aromatic rings. The molecule has 0 aliphatic heterocycles. The van der Waals surface area contributed by atoms with Crippen LogP contribution in [0.1, 0.15) is 0 Å². The second-order valence-electron chi connectivity index (χ2n) is 7.09. The highest BCUT2D eigenvalue weighted by atomic mass is 16.6. The maximum Gasteiger partial charge on any atom is 0.303 e. The average Bonchev–Trinajstić information content (AvgIpc) is 2.83. The minimum absolute atomic E-state index is 0.0964. The molecule has 1 N–H and O–H groups in total. The topological polar surface area (TPSA) is 134 Å². The summed E-state index contributed by atoms with van der Waals surface area (Å²) < 4.78 is 0. The van der Waals surface area contributed by atoms with E-state index in [1.54, 1.807) is 18.2 Å². The lowest BCUT2D eigenvalue weighted by atomic mass is 10.1. The fraction of sp³-hybridized carbons (Fsp3) is 0.0435. The molecule has 0 aliphatic carbocycles. The van der Waals surface area contributed by atoms with Crippen molar-refractivity contribution in [3.05, 3.63) is 99.1 Å². The Morgan fingerprint density at radius 3 is 2.09 bits per heavy atom. The number of para-hydroxylation sites is 1. The van der Waals surface area contributed by atoms with Crippen molar-refractivity contribution in [3.8, 4) is 5.75 Å². The van der Waals surface area contributed by atoms with Crippen LogP contribution in [0.2, 0.25) is 0 Å². The lowest BCUT2D eigenvalue weighted by Crippen LogP contribution is -2.09. The van der Waals surface area contributed by atoms with E-state index >= 15 is 0 Å². The van der Waals surface area contributed by atoms with Crippen LogP contribution in [0, 0.1) is 20.2 Å². The van der Waals surface area contributed by atoms with Gasteiger partial charge in [-0.1, -0.05) is 42.5 Å². The summed E-state index contributed by atoms with van der Waals surface area (Å²) in [6.07, 6.45) is 0. The van der Waals surface area contributed by atoms with E-state index in [9.17, 15) is 25.3 Å². The number of nitrogens with zero attached hydrogens (tertiary/aromatic N) is 5. The minimum atomic E-state index is -0.768. The summed E-state index contributed by atoms with van der Waals surface area (Å²) in [5.74, 6) is -0.135. The molecule has 164 valence electrons. The zero-order valence-electron chi connectivity index (χ0n) is 17.3. The van der Waals surface area contributed by atoms with Gasteiger partial charge in [0.1, 0.15) is 5.69 Å². The summed E-state index contributed by atoms with van der Waals surface area (Å²) in [5, 5.41) is 42.4. The Morgan fingerprint density at radius 2 is 1.42 bits per heavy atom. The molecule has 0 saturated carbocycles. The van der Waals surface area contributed by atoms with Gasteiger partial charge in [0.15, 0.2) is 11.4 Å². The molecule has 0 spiro atoms. The van der Waals surface area contributed by atoms with Crippen LogP contribution < -0.4 is 4.90 Å². The van der Waals surface area contributed by atoms with Gasteiger partial charge in [-0.15, -0.1) is 10.2 Å². The lowest BCUT2D eigenvalue weighted by molar-refractivity contribution is -0.393. The molecule has 0 unspecified atom stereocenters. The smallest absolute Gasteiger partial charge is 0.303 e. The number of phenolic OH excluding ortho intramolecular Hbond substituents is 1. The number of rotatable bonds is 6. The molecule has 0 amide bonds. The number of non-ortho nitro benzene ring substituents is 1. The molecule has 10 nitrogen and oxygen atoms in total. The summed E-state index contributed by atoms with van der Waals surface area (Å²) >= 11 is 0. The molecular weight excluding hydrogens is 426 g/mol. The van der Waals surface area contributed by atoms with E-state index in [2.05, 4.69) is 10.2 Å². The van der Waals surface area contributed by atoms with E-state index in [1.807, 2.05) is 54.4 Å². The van der Waals surface area contributed by atoms with Gasteiger partial charge in [-0.25, -0.2) is 0 Å². The quantitative estimate of drug-likeness (QED) is 0.204. The van der Waals surface area contributed by atoms with Crippen molar-refractivity contribution in [2.24, 2.45) is 10.2 Å². The summed E-state index contributed by atoms with van der Waals surface area (Å²) in [5.41, 5.74) is 0.579. The highest BCUT2D eigenvalue weighted by Gasteiger charge is 2.20. The maximum absolute atomic E-state index is 11.4. The highest BCUT2D eigenvalue weighted by molar-refractivity contribution is 6.02. The molecule has 0 saturated heterocycles. The second-order valence-corrected chi connectivity index (χ2v) is 7.09. The third-order valence-corrected chi connectivity index (χ3v) is 5.11. The minimum Gasteiger partial charge on any atom is -0.505 e. The first-order valence-electron chi connectivity index (χ1n) is 9.75. The molecule has 0 bridgehead atoms. The van der Waals surface area contributed by atoms with Crippen molar-refractivity contribution >= 4 is 44.9 Å². The normalized spacial score (nSPS) is 11.1. The van der Waals surface area contributed by atoms with E-state index in [-0.39, 0.29) is 17.1 Å². The molecule has 0 aromatic heterocycles. The van der Waals surface area contributed by atoms with Gasteiger partial charge in [-0.2, -0.15) is 0 Å². The molecule has 4 rings (SSSR count). The molecule has 0 aliphatic rings. The predicted molar refractivity (Wildman–Crippen MR) is 124 cm³/mol. The molecule has 33 heavy (non-hydrogen) atoms. The van der Waals surface area contributed by atoms with Crippen LogP contribution in [0.4, 0.5) is 34.1 Å². The Morgan fingerprint density at radius 1 is 0.788 bits per heavy atom. The summed E-state index contributed by atoms with van der Waals surface area (Å²) in [4.78, 5) is 22.8. The van der Waals surface area contributed by atoms with Crippen LogP contribution >= 0.6 is 0 Å². The first-order valence-corrected chi connectivity index (χ1v) is 9.75. The maximum atomic E-state index is 11.4. The third kappa shape index (κ3) is 4.17. The molecule has 0 heterocycles. The lowest BCUT2D eigenvalue weighted by Gasteiger charge is -2.22. The van der Waals surface area contributed by atoms with E-state index in [0.29, 0.717) is 5.39 Å². The van der Waals surface area contributed by atoms with Crippen molar-refractivity contribution in [3.63, 3.8) is 0 Å². The summed E-state index contributed by atoms with van der Waals surface area (Å²) in [7, 11) is 1.87. The van der Waals surface area contributed by atoms with Crippen molar-refractivity contribution in [1.82, 2.24) is 0 Å². The van der Waals surface area contributed by atoms with Gasteiger partial charge in [0.05, 0.1) is 21.6 Å². The van der Waals surface area contributed by atoms with Gasteiger partial charge in [0.2, 0.25) is 0 Å². The van der Waals surface area contributed by atoms with Crippen LogP contribution in [0.5, 0.6) is 5.75 Å². The number of phenols is 1. The second kappa shape index (κ2) is 8.71. The van der Waals surface area contributed by atoms with Crippen LogP contribution in [0.3, 0.4) is 0 Å². The number of hydrogen-bond acceptors (Lipinski definition) is 8. The number of benzene rings is 4. The van der Waals surface area contributed by atoms with Crippen LogP contribution in [-0.4, -0.2) is 22.0 Å². The largest absolute Gasteiger partial charge is 0.505 e. The van der Waals surface area contributed by atoms with Crippen LogP contribution in [0.15, 0.2) is 89.1 Å². The van der Waals surface area contributed by atoms with Gasteiger partial charge in [0, 0.05) is 29.6 Å². The Balaban J connectivity index is 1.84. The Hall–Kier alpha value is -4.86. The Kier molecular flexibility index (Phi) is 5.64. The van der Waals surface area contributed by atoms with E-state index in [4.69, 9.17) is 0 Å². The molecular formula is C23H17N5O5. The van der Waals surface area contributed by atoms with Gasteiger partial charge in [0.25, 0.3) is 5.69 Å². The predicted octanol–water partition coefficient (Wildman–Crippen LogP) is 6.55. The fourth-order valence-electron chi connectivity index (χ4n) is 3.43. The molecule has 0 fully saturated rings. The van der Waals surface area contributed by atoms with E-state index < -0.39 is 21.2 Å². The van der Waals surface area contributed by atoms with Crippen molar-refractivity contribution in [2.75, 3.05) is 11.9 Å². The summed E-state index contributed by atoms with van der Waals surface area (Å²) in [6.45, 7) is 0. The SMILES string of the molecule is CN(c1ccccc1)c1cc(N=Nc2ccc([N+](=O)[O-])cc2[N+](=O)[O-])c(O)c2ccccc12. The number of nitro benzene ring substituents is 2. The molecule has 4 aromatic carbocycles. The number of azo groups is 1.